The molecule has 1 heterocycles. The number of carbonyl (C=O) groups excluding carboxylic acids is 1. The van der Waals surface area contributed by atoms with Crippen LogP contribution in [-0.2, 0) is 11.3 Å². The van der Waals surface area contributed by atoms with Gasteiger partial charge in [0.05, 0.1) is 22.3 Å². The summed E-state index contributed by atoms with van der Waals surface area (Å²) in [6.45, 7) is 10.7. The highest BCUT2D eigenvalue weighted by atomic mass is 32.2. The molecule has 0 N–H and O–H groups in total. The molecule has 0 aliphatic carbocycles. The maximum Gasteiger partial charge on any atom is 0.266 e. The van der Waals surface area contributed by atoms with Gasteiger partial charge < -0.3 is 4.90 Å². The van der Waals surface area contributed by atoms with Gasteiger partial charge in [0.15, 0.2) is 5.16 Å². The topological polar surface area (TPSA) is 55.2 Å². The van der Waals surface area contributed by atoms with Gasteiger partial charge in [0.2, 0.25) is 5.91 Å². The Morgan fingerprint density at radius 3 is 2.23 bits per heavy atom. The number of rotatable bonds is 6. The van der Waals surface area contributed by atoms with E-state index in [2.05, 4.69) is 6.07 Å². The van der Waals surface area contributed by atoms with E-state index in [1.54, 1.807) is 10.6 Å². The number of para-hydroxylation sites is 1. The summed E-state index contributed by atoms with van der Waals surface area (Å²) < 4.78 is 1.64. The number of fused-ring (bicyclic) bond motifs is 1. The lowest BCUT2D eigenvalue weighted by atomic mass is 10.0. The van der Waals surface area contributed by atoms with Crippen molar-refractivity contribution in [1.29, 1.82) is 0 Å². The van der Waals surface area contributed by atoms with E-state index in [9.17, 15) is 9.59 Å². The first kappa shape index (κ1) is 24.7. The summed E-state index contributed by atoms with van der Waals surface area (Å²) in [6, 6.07) is 23.4. The molecule has 0 radical (unpaired) electrons. The van der Waals surface area contributed by atoms with Gasteiger partial charge in [-0.3, -0.25) is 14.2 Å². The fraction of sp³-hybridized carbons (Fsp3) is 0.276. The monoisotopic (exact) mass is 485 g/mol. The number of aromatic nitrogens is 2. The van der Waals surface area contributed by atoms with Gasteiger partial charge in [-0.25, -0.2) is 4.98 Å². The quantitative estimate of drug-likeness (QED) is 0.251. The second-order valence-corrected chi connectivity index (χ2v) is 10.8. The Morgan fingerprint density at radius 2 is 1.57 bits per heavy atom. The molecule has 35 heavy (non-hydrogen) atoms. The molecular weight excluding hydrogens is 454 g/mol. The van der Waals surface area contributed by atoms with Crippen molar-refractivity contribution in [2.45, 2.75) is 51.9 Å². The number of aryl methyl sites for hydroxylation is 2. The van der Waals surface area contributed by atoms with Crippen molar-refractivity contribution < 1.29 is 4.79 Å². The molecule has 180 valence electrons. The third-order valence-corrected chi connectivity index (χ3v) is 6.75. The molecule has 5 nitrogen and oxygen atoms in total. The second-order valence-electron chi connectivity index (χ2n) is 9.82. The van der Waals surface area contributed by atoms with E-state index in [1.807, 2.05) is 100 Å². The van der Waals surface area contributed by atoms with Crippen LogP contribution in [0.2, 0.25) is 0 Å². The van der Waals surface area contributed by atoms with E-state index >= 15 is 0 Å². The molecule has 0 unspecified atom stereocenters. The summed E-state index contributed by atoms with van der Waals surface area (Å²) in [7, 11) is 0. The molecule has 0 aliphatic heterocycles. The lowest BCUT2D eigenvalue weighted by molar-refractivity contribution is -0.133. The first-order valence-corrected chi connectivity index (χ1v) is 12.7. The minimum atomic E-state index is -0.350. The van der Waals surface area contributed by atoms with Crippen molar-refractivity contribution in [1.82, 2.24) is 14.5 Å². The fourth-order valence-corrected chi connectivity index (χ4v) is 5.07. The molecule has 0 spiro atoms. The zero-order valence-electron chi connectivity index (χ0n) is 20.9. The third kappa shape index (κ3) is 5.65. The van der Waals surface area contributed by atoms with E-state index in [0.717, 1.165) is 22.4 Å². The van der Waals surface area contributed by atoms with E-state index in [-0.39, 0.29) is 22.8 Å². The molecule has 0 aliphatic rings. The van der Waals surface area contributed by atoms with Crippen molar-refractivity contribution in [2.75, 3.05) is 5.75 Å². The first-order valence-electron chi connectivity index (χ1n) is 11.7. The minimum Gasteiger partial charge on any atom is -0.333 e. The van der Waals surface area contributed by atoms with Crippen LogP contribution in [0.4, 0.5) is 0 Å². The van der Waals surface area contributed by atoms with Crippen LogP contribution in [0.25, 0.3) is 16.6 Å². The van der Waals surface area contributed by atoms with Crippen molar-refractivity contribution in [3.8, 4) is 5.69 Å². The lowest BCUT2D eigenvalue weighted by Crippen LogP contribution is -2.46. The molecule has 4 aromatic rings. The van der Waals surface area contributed by atoms with Crippen LogP contribution in [0.1, 0.15) is 37.5 Å². The second kappa shape index (κ2) is 10.1. The Hall–Kier alpha value is -3.38. The Bertz CT molecular complexity index is 1400. The van der Waals surface area contributed by atoms with Gasteiger partial charge in [0.25, 0.3) is 5.56 Å². The molecule has 3 aromatic carbocycles. The number of carbonyl (C=O) groups is 1. The fourth-order valence-electron chi connectivity index (χ4n) is 4.19. The highest BCUT2D eigenvalue weighted by Gasteiger charge is 2.27. The standard InChI is InChI=1S/C29H31N3O2S/c1-20-15-21(2)17-23(16-20)32-27(34)24-13-9-10-14-25(24)30-28(32)35-19-26(33)31(29(3,4)5)18-22-11-7-6-8-12-22/h6-17H,18-19H2,1-5H3. The van der Waals surface area contributed by atoms with E-state index in [4.69, 9.17) is 4.98 Å². The predicted octanol–water partition coefficient (Wildman–Crippen LogP) is 5.92. The van der Waals surface area contributed by atoms with Crippen molar-refractivity contribution >= 4 is 28.6 Å². The Kier molecular flexibility index (Phi) is 7.13. The van der Waals surface area contributed by atoms with Gasteiger partial charge in [-0.1, -0.05) is 60.3 Å². The average Bonchev–Trinajstić information content (AvgIpc) is 2.80. The normalized spacial score (nSPS) is 11.6. The summed E-state index contributed by atoms with van der Waals surface area (Å²) >= 11 is 1.31. The van der Waals surface area contributed by atoms with Crippen LogP contribution in [0.15, 0.2) is 82.7 Å². The van der Waals surface area contributed by atoms with Gasteiger partial charge in [-0.2, -0.15) is 0 Å². The first-order chi connectivity index (χ1) is 16.6. The smallest absolute Gasteiger partial charge is 0.266 e. The summed E-state index contributed by atoms with van der Waals surface area (Å²) in [5, 5.41) is 1.07. The van der Waals surface area contributed by atoms with E-state index in [1.165, 1.54) is 11.8 Å². The molecule has 0 fully saturated rings. The molecule has 0 bridgehead atoms. The molecular formula is C29H31N3O2S. The number of thioether (sulfide) groups is 1. The lowest BCUT2D eigenvalue weighted by Gasteiger charge is -2.36. The van der Waals surface area contributed by atoms with Crippen LogP contribution in [-0.4, -0.2) is 31.6 Å². The highest BCUT2D eigenvalue weighted by molar-refractivity contribution is 7.99. The zero-order chi connectivity index (χ0) is 25.2. The molecule has 0 saturated carbocycles. The molecule has 0 atom stereocenters. The number of nitrogens with zero attached hydrogens (tertiary/aromatic N) is 3. The van der Waals surface area contributed by atoms with Gasteiger partial charge in [0, 0.05) is 12.1 Å². The zero-order valence-corrected chi connectivity index (χ0v) is 21.7. The van der Waals surface area contributed by atoms with Crippen LogP contribution < -0.4 is 5.56 Å². The Morgan fingerprint density at radius 1 is 0.943 bits per heavy atom. The number of benzene rings is 3. The SMILES string of the molecule is Cc1cc(C)cc(-n2c(SCC(=O)N(Cc3ccccc3)C(C)(C)C)nc3ccccc3c2=O)c1. The van der Waals surface area contributed by atoms with Crippen LogP contribution in [0.5, 0.6) is 0 Å². The predicted molar refractivity (Wildman–Crippen MR) is 144 cm³/mol. The molecule has 4 rings (SSSR count). The minimum absolute atomic E-state index is 0.000679. The Labute approximate surface area is 210 Å². The maximum absolute atomic E-state index is 13.6. The van der Waals surface area contributed by atoms with Crippen LogP contribution >= 0.6 is 11.8 Å². The van der Waals surface area contributed by atoms with Gasteiger partial charge in [-0.15, -0.1) is 0 Å². The van der Waals surface area contributed by atoms with Gasteiger partial charge in [-0.05, 0) is 75.6 Å². The summed E-state index contributed by atoms with van der Waals surface area (Å²) in [4.78, 5) is 33.7. The third-order valence-electron chi connectivity index (χ3n) is 5.83. The highest BCUT2D eigenvalue weighted by Crippen LogP contribution is 2.25. The molecule has 6 heteroatoms. The van der Waals surface area contributed by atoms with Crippen molar-refractivity contribution in [3.63, 3.8) is 0 Å². The number of hydrogen-bond donors (Lipinski definition) is 0. The van der Waals surface area contributed by atoms with Gasteiger partial charge in [0.1, 0.15) is 0 Å². The molecule has 1 amide bonds. The largest absolute Gasteiger partial charge is 0.333 e. The average molecular weight is 486 g/mol. The van der Waals surface area contributed by atoms with Gasteiger partial charge >= 0.3 is 0 Å². The van der Waals surface area contributed by atoms with E-state index in [0.29, 0.717) is 22.6 Å². The summed E-state index contributed by atoms with van der Waals surface area (Å²) in [6.07, 6.45) is 0. The molecule has 1 aromatic heterocycles. The van der Waals surface area contributed by atoms with E-state index < -0.39 is 0 Å². The molecule has 0 saturated heterocycles. The van der Waals surface area contributed by atoms with Crippen molar-refractivity contribution in [2.24, 2.45) is 0 Å². The summed E-state index contributed by atoms with van der Waals surface area (Å²) in [5.41, 5.74) is 4.12. The van der Waals surface area contributed by atoms with Crippen LogP contribution in [0, 0.1) is 13.8 Å². The maximum atomic E-state index is 13.6. The Balaban J connectivity index is 1.71. The number of hydrogen-bond acceptors (Lipinski definition) is 4. The van der Waals surface area contributed by atoms with Crippen LogP contribution in [0.3, 0.4) is 0 Å². The summed E-state index contributed by atoms with van der Waals surface area (Å²) in [5.74, 6) is 0.181. The number of amides is 1. The van der Waals surface area contributed by atoms with Crippen molar-refractivity contribution in [3.05, 3.63) is 99.8 Å².